The maximum atomic E-state index is 13.0. The number of fused-ring (bicyclic) bond motifs is 2. The Labute approximate surface area is 246 Å². The topological polar surface area (TPSA) is 141 Å². The normalized spacial score (nSPS) is 19.3. The summed E-state index contributed by atoms with van der Waals surface area (Å²) >= 11 is 0. The number of nitrogens with zero attached hydrogens (tertiary/aromatic N) is 6. The fourth-order valence-corrected chi connectivity index (χ4v) is 6.31. The number of likely N-dealkylation sites (tertiary alicyclic amines) is 1. The number of tetrazole rings is 1. The van der Waals surface area contributed by atoms with Crippen LogP contribution >= 0.6 is 0 Å². The molecule has 1 aliphatic carbocycles. The van der Waals surface area contributed by atoms with Gasteiger partial charge in [-0.05, 0) is 89.9 Å². The molecule has 0 bridgehead atoms. The van der Waals surface area contributed by atoms with Gasteiger partial charge in [0.2, 0.25) is 5.91 Å². The molecule has 2 aliphatic rings. The Kier molecular flexibility index (Phi) is 8.36. The fraction of sp³-hybridized carbons (Fsp3) is 0.419. The van der Waals surface area contributed by atoms with Crippen molar-refractivity contribution in [3.63, 3.8) is 0 Å². The number of carbonyl (C=O) groups is 2. The van der Waals surface area contributed by atoms with Crippen molar-refractivity contribution in [1.82, 2.24) is 41.1 Å². The minimum atomic E-state index is -0.797. The predicted octanol–water partition coefficient (Wildman–Crippen LogP) is 1.69. The van der Waals surface area contributed by atoms with E-state index in [-0.39, 0.29) is 24.4 Å². The van der Waals surface area contributed by atoms with Gasteiger partial charge >= 0.3 is 0 Å². The molecule has 3 N–H and O–H groups in total. The van der Waals surface area contributed by atoms with E-state index in [1.807, 2.05) is 25.2 Å². The highest BCUT2D eigenvalue weighted by Gasteiger charge is 2.44. The minimum absolute atomic E-state index is 0.0714. The van der Waals surface area contributed by atoms with E-state index in [0.29, 0.717) is 30.9 Å². The molecular formula is C31H37N9O2. The zero-order valence-corrected chi connectivity index (χ0v) is 24.4. The van der Waals surface area contributed by atoms with E-state index in [1.54, 1.807) is 19.0 Å². The van der Waals surface area contributed by atoms with E-state index in [9.17, 15) is 14.9 Å². The molecule has 11 nitrogen and oxygen atoms in total. The molecule has 0 radical (unpaired) electrons. The van der Waals surface area contributed by atoms with Crippen LogP contribution in [-0.4, -0.2) is 76.7 Å². The van der Waals surface area contributed by atoms with Crippen molar-refractivity contribution in [1.29, 1.82) is 5.26 Å². The third-order valence-electron chi connectivity index (χ3n) is 8.50. The van der Waals surface area contributed by atoms with Gasteiger partial charge in [-0.3, -0.25) is 9.59 Å². The average molecular weight is 568 g/mol. The van der Waals surface area contributed by atoms with Crippen molar-refractivity contribution in [3.05, 3.63) is 82.2 Å². The first kappa shape index (κ1) is 29.0. The van der Waals surface area contributed by atoms with Gasteiger partial charge in [-0.2, -0.15) is 10.1 Å². The second kappa shape index (κ2) is 12.1. The van der Waals surface area contributed by atoms with Crippen molar-refractivity contribution < 1.29 is 9.59 Å². The van der Waals surface area contributed by atoms with Gasteiger partial charge in [0, 0.05) is 31.9 Å². The first-order chi connectivity index (χ1) is 20.3. The van der Waals surface area contributed by atoms with Crippen LogP contribution in [0.15, 0.2) is 43.0 Å². The molecule has 0 spiro atoms. The number of hydrogen-bond donors (Lipinski definition) is 3. The fourth-order valence-electron chi connectivity index (χ4n) is 6.31. The van der Waals surface area contributed by atoms with E-state index < -0.39 is 5.41 Å². The Bertz CT molecular complexity index is 1490. The lowest BCUT2D eigenvalue weighted by Gasteiger charge is -2.34. The summed E-state index contributed by atoms with van der Waals surface area (Å²) in [5, 5.41) is 32.1. The Morgan fingerprint density at radius 1 is 1.10 bits per heavy atom. The smallest absolute Gasteiger partial charge is 0.251 e. The molecule has 2 heterocycles. The molecule has 2 amide bonds. The number of hydrogen-bond acceptors (Lipinski definition) is 8. The number of benzene rings is 2. The number of rotatable bonds is 9. The van der Waals surface area contributed by atoms with Gasteiger partial charge in [-0.1, -0.05) is 24.8 Å². The minimum Gasteiger partial charge on any atom is -0.388 e. The molecular weight excluding hydrogens is 530 g/mol. The number of carbonyl (C=O) groups excluding carboxylic acids is 2. The molecule has 1 aromatic heterocycles. The van der Waals surface area contributed by atoms with E-state index in [4.69, 9.17) is 5.10 Å². The summed E-state index contributed by atoms with van der Waals surface area (Å²) < 4.78 is 0. The van der Waals surface area contributed by atoms with Crippen LogP contribution in [-0.2, 0) is 30.1 Å². The maximum absolute atomic E-state index is 13.0. The molecule has 42 heavy (non-hydrogen) atoms. The lowest BCUT2D eigenvalue weighted by atomic mass is 9.69. The van der Waals surface area contributed by atoms with Crippen LogP contribution in [0, 0.1) is 11.3 Å². The van der Waals surface area contributed by atoms with Crippen molar-refractivity contribution in [2.45, 2.75) is 43.6 Å². The Morgan fingerprint density at radius 2 is 1.79 bits per heavy atom. The number of nitrogens with one attached hydrogen (secondary N) is 3. The summed E-state index contributed by atoms with van der Waals surface area (Å²) in [5.74, 6) is 0.338. The van der Waals surface area contributed by atoms with Crippen molar-refractivity contribution in [2.75, 3.05) is 33.7 Å². The van der Waals surface area contributed by atoms with Crippen LogP contribution in [0.1, 0.15) is 63.3 Å². The van der Waals surface area contributed by atoms with Crippen LogP contribution in [0.3, 0.4) is 0 Å². The molecule has 3 aromatic rings. The first-order valence-electron chi connectivity index (χ1n) is 14.3. The Balaban J connectivity index is 1.58. The first-order valence-corrected chi connectivity index (χ1v) is 14.3. The number of aryl methyl sites for hydroxylation is 3. The van der Waals surface area contributed by atoms with Crippen LogP contribution in [0.4, 0.5) is 0 Å². The number of amides is 2. The highest BCUT2D eigenvalue weighted by Crippen LogP contribution is 2.46. The highest BCUT2D eigenvalue weighted by molar-refractivity contribution is 5.94. The quantitative estimate of drug-likeness (QED) is 0.332. The van der Waals surface area contributed by atoms with Gasteiger partial charge in [0.25, 0.3) is 5.91 Å². The molecule has 1 aliphatic heterocycles. The monoisotopic (exact) mass is 567 g/mol. The summed E-state index contributed by atoms with van der Waals surface area (Å²) in [6.45, 7) is 5.39. The van der Waals surface area contributed by atoms with Gasteiger partial charge in [0.05, 0.1) is 25.1 Å². The molecule has 2 atom stereocenters. The average Bonchev–Trinajstić information content (AvgIpc) is 3.66. The summed E-state index contributed by atoms with van der Waals surface area (Å²) in [7, 11) is 5.23. The zero-order chi connectivity index (χ0) is 29.9. The van der Waals surface area contributed by atoms with Crippen LogP contribution < -0.4 is 16.0 Å². The van der Waals surface area contributed by atoms with Crippen LogP contribution in [0.5, 0.6) is 0 Å². The highest BCUT2D eigenvalue weighted by atomic mass is 16.2. The van der Waals surface area contributed by atoms with Crippen LogP contribution in [0.25, 0.3) is 5.70 Å². The maximum Gasteiger partial charge on any atom is 0.251 e. The van der Waals surface area contributed by atoms with E-state index in [1.165, 1.54) is 4.80 Å². The second-order valence-corrected chi connectivity index (χ2v) is 10.9. The van der Waals surface area contributed by atoms with E-state index in [2.05, 4.69) is 57.1 Å². The van der Waals surface area contributed by atoms with Gasteiger partial charge < -0.3 is 20.9 Å². The van der Waals surface area contributed by atoms with Crippen molar-refractivity contribution in [2.24, 2.45) is 7.05 Å². The number of aromatic nitrogens is 4. The molecule has 11 heteroatoms. The molecule has 0 saturated carbocycles. The van der Waals surface area contributed by atoms with E-state index >= 15 is 0 Å². The van der Waals surface area contributed by atoms with Gasteiger partial charge in [0.15, 0.2) is 5.82 Å². The molecule has 5 rings (SSSR count). The molecule has 1 unspecified atom stereocenters. The third-order valence-corrected chi connectivity index (χ3v) is 8.50. The summed E-state index contributed by atoms with van der Waals surface area (Å²) in [6, 6.07) is 14.0. The largest absolute Gasteiger partial charge is 0.388 e. The molecule has 218 valence electrons. The van der Waals surface area contributed by atoms with Crippen molar-refractivity contribution in [3.8, 4) is 6.07 Å². The number of nitriles is 1. The predicted molar refractivity (Wildman–Crippen MR) is 158 cm³/mol. The lowest BCUT2D eigenvalue weighted by molar-refractivity contribution is -0.130. The standard InChI is InChI=1S/C31H37N9O2/c1-20(33-2)21-9-11-26-22(16-21)7-8-23-17-24(29(42)34-3)10-12-27(23)31(26,30-36-38-39(4)37-30)13-14-35-19-28(41)40-15-5-6-25(40)18-32/h9-12,16-17,25,33,35H,1,5-8,13-15,19H2,2-4H3,(H,34,42)/t25-,31?/m0/s1. The van der Waals surface area contributed by atoms with Crippen LogP contribution in [0.2, 0.25) is 0 Å². The summed E-state index contributed by atoms with van der Waals surface area (Å²) in [6.07, 6.45) is 3.58. The Hall–Kier alpha value is -4.56. The molecule has 2 aromatic carbocycles. The molecule has 1 fully saturated rings. The zero-order valence-electron chi connectivity index (χ0n) is 24.4. The van der Waals surface area contributed by atoms with Gasteiger partial charge in [-0.25, -0.2) is 0 Å². The third kappa shape index (κ3) is 5.25. The van der Waals surface area contributed by atoms with Gasteiger partial charge in [-0.15, -0.1) is 10.2 Å². The summed E-state index contributed by atoms with van der Waals surface area (Å²) in [4.78, 5) is 28.7. The summed E-state index contributed by atoms with van der Waals surface area (Å²) in [5.41, 5.74) is 5.87. The second-order valence-electron chi connectivity index (χ2n) is 10.9. The SMILES string of the molecule is C=C(NC)c1ccc2c(c1)CCc1cc(C(=O)NC)ccc1C2(CCNCC(=O)N1CCC[C@H]1C#N)c1nnn(C)n1. The molecule has 1 saturated heterocycles. The van der Waals surface area contributed by atoms with E-state index in [0.717, 1.165) is 59.2 Å². The lowest BCUT2D eigenvalue weighted by Crippen LogP contribution is -2.42. The van der Waals surface area contributed by atoms with Gasteiger partial charge in [0.1, 0.15) is 6.04 Å². The Morgan fingerprint density at radius 3 is 2.40 bits per heavy atom. The van der Waals surface area contributed by atoms with Crippen molar-refractivity contribution >= 4 is 17.5 Å².